The summed E-state index contributed by atoms with van der Waals surface area (Å²) in [5.41, 5.74) is 8.58. The van der Waals surface area contributed by atoms with Crippen molar-refractivity contribution in [1.82, 2.24) is 0 Å². The van der Waals surface area contributed by atoms with Crippen LogP contribution in [-0.2, 0) is 0 Å². The average molecular weight is 269 g/mol. The van der Waals surface area contributed by atoms with Crippen molar-refractivity contribution in [3.05, 3.63) is 65.7 Å². The number of benzene rings is 2. The number of hydrogen-bond donors (Lipinski definition) is 2. The monoisotopic (exact) mass is 269 g/mol. The first-order valence-electron chi connectivity index (χ1n) is 5.92. The van der Waals surface area contributed by atoms with Crippen LogP contribution in [0.15, 0.2) is 59.6 Å². The van der Waals surface area contributed by atoms with Gasteiger partial charge < -0.3 is 11.1 Å². The summed E-state index contributed by atoms with van der Waals surface area (Å²) in [6, 6.07) is 17.8. The number of amidine groups is 1. The average Bonchev–Trinajstić information content (AvgIpc) is 2.39. The maximum atomic E-state index is 5.53. The molecule has 0 aromatic heterocycles. The summed E-state index contributed by atoms with van der Waals surface area (Å²) >= 11 is 4.87. The number of hydrogen-bond acceptors (Lipinski definition) is 1. The Morgan fingerprint density at radius 3 is 2.47 bits per heavy atom. The van der Waals surface area contributed by atoms with Crippen LogP contribution in [0.2, 0.25) is 0 Å². The third kappa shape index (κ3) is 3.89. The highest BCUT2D eigenvalue weighted by atomic mass is 32.1. The Balaban J connectivity index is 2.35. The molecule has 3 nitrogen and oxygen atoms in total. The zero-order chi connectivity index (χ0) is 13.7. The largest absolute Gasteiger partial charge is 0.374 e. The number of rotatable bonds is 2. The molecule has 0 unspecified atom stereocenters. The van der Waals surface area contributed by atoms with E-state index in [1.807, 2.05) is 61.5 Å². The van der Waals surface area contributed by atoms with E-state index >= 15 is 0 Å². The van der Waals surface area contributed by atoms with Crippen LogP contribution in [0, 0.1) is 6.92 Å². The fraction of sp³-hybridized carbons (Fsp3) is 0.0667. The van der Waals surface area contributed by atoms with E-state index in [1.165, 1.54) is 0 Å². The molecule has 0 aliphatic heterocycles. The number of nitrogens with zero attached hydrogens (tertiary/aromatic N) is 1. The summed E-state index contributed by atoms with van der Waals surface area (Å²) in [6.07, 6.45) is 0. The number of anilines is 1. The molecule has 96 valence electrons. The number of nitrogens with one attached hydrogen (secondary N) is 1. The van der Waals surface area contributed by atoms with E-state index in [4.69, 9.17) is 18.0 Å². The highest BCUT2D eigenvalue weighted by molar-refractivity contribution is 7.80. The molecule has 19 heavy (non-hydrogen) atoms. The van der Waals surface area contributed by atoms with Crippen molar-refractivity contribution in [3.8, 4) is 0 Å². The molecule has 0 atom stereocenters. The van der Waals surface area contributed by atoms with E-state index in [0.717, 1.165) is 16.8 Å². The molecule has 0 aliphatic rings. The Morgan fingerprint density at radius 2 is 1.84 bits per heavy atom. The van der Waals surface area contributed by atoms with Crippen molar-refractivity contribution in [2.75, 3.05) is 5.32 Å². The highest BCUT2D eigenvalue weighted by Gasteiger charge is 2.05. The van der Waals surface area contributed by atoms with Crippen molar-refractivity contribution < 1.29 is 0 Å². The Kier molecular flexibility index (Phi) is 4.26. The lowest BCUT2D eigenvalue weighted by Crippen LogP contribution is -2.18. The maximum absolute atomic E-state index is 5.53. The van der Waals surface area contributed by atoms with Gasteiger partial charge in [0.15, 0.2) is 5.11 Å². The second kappa shape index (κ2) is 6.11. The number of nitrogens with two attached hydrogens (primary N) is 1. The molecule has 0 heterocycles. The van der Waals surface area contributed by atoms with Gasteiger partial charge in [0.2, 0.25) is 0 Å². The Hall–Kier alpha value is -2.20. The van der Waals surface area contributed by atoms with E-state index in [0.29, 0.717) is 5.84 Å². The van der Waals surface area contributed by atoms with Crippen LogP contribution in [0.5, 0.6) is 0 Å². The molecule has 2 rings (SSSR count). The Bertz CT molecular complexity index is 606. The number of para-hydroxylation sites is 1. The van der Waals surface area contributed by atoms with Gasteiger partial charge in [0.25, 0.3) is 0 Å². The molecule has 0 saturated heterocycles. The number of thiocarbonyl (C=S) groups is 1. The van der Waals surface area contributed by atoms with Gasteiger partial charge in [-0.2, -0.15) is 0 Å². The van der Waals surface area contributed by atoms with Gasteiger partial charge in [-0.25, -0.2) is 4.99 Å². The van der Waals surface area contributed by atoms with Crippen LogP contribution in [0.4, 0.5) is 5.69 Å². The van der Waals surface area contributed by atoms with Crippen molar-refractivity contribution >= 4 is 28.9 Å². The standard InChI is InChI=1S/C15H15N3S/c1-11-6-5-7-12(10-11)14(18-15(16)19)17-13-8-3-2-4-9-13/h2-10H,1H3,(H3,16,17,18,19). The molecule has 4 heteroatoms. The van der Waals surface area contributed by atoms with Crippen LogP contribution < -0.4 is 11.1 Å². The minimum absolute atomic E-state index is 0.111. The normalized spacial score (nSPS) is 11.1. The van der Waals surface area contributed by atoms with Gasteiger partial charge in [0.1, 0.15) is 5.84 Å². The SMILES string of the molecule is Cc1cccc(/C(=N/C(N)=S)Nc2ccccc2)c1. The van der Waals surface area contributed by atoms with E-state index in [2.05, 4.69) is 10.3 Å². The van der Waals surface area contributed by atoms with Crippen LogP contribution in [0.1, 0.15) is 11.1 Å². The molecule has 0 aliphatic carbocycles. The van der Waals surface area contributed by atoms with E-state index < -0.39 is 0 Å². The first-order chi connectivity index (χ1) is 9.15. The maximum Gasteiger partial charge on any atom is 0.192 e. The van der Waals surface area contributed by atoms with Gasteiger partial charge in [-0.1, -0.05) is 42.0 Å². The van der Waals surface area contributed by atoms with Crippen LogP contribution in [0.3, 0.4) is 0 Å². The summed E-state index contributed by atoms with van der Waals surface area (Å²) < 4.78 is 0. The van der Waals surface area contributed by atoms with Gasteiger partial charge in [-0.15, -0.1) is 0 Å². The van der Waals surface area contributed by atoms with Gasteiger partial charge in [0.05, 0.1) is 0 Å². The molecule has 0 fully saturated rings. The zero-order valence-corrected chi connectivity index (χ0v) is 11.4. The molecule has 2 aromatic carbocycles. The minimum Gasteiger partial charge on any atom is -0.374 e. The summed E-state index contributed by atoms with van der Waals surface area (Å²) in [5.74, 6) is 0.655. The molecule has 0 spiro atoms. The van der Waals surface area contributed by atoms with Crippen LogP contribution in [0.25, 0.3) is 0 Å². The number of aliphatic imine (C=N–C) groups is 1. The van der Waals surface area contributed by atoms with E-state index in [-0.39, 0.29) is 5.11 Å². The third-order valence-electron chi connectivity index (χ3n) is 2.55. The van der Waals surface area contributed by atoms with E-state index in [1.54, 1.807) is 0 Å². The smallest absolute Gasteiger partial charge is 0.192 e. The fourth-order valence-corrected chi connectivity index (χ4v) is 1.82. The molecular formula is C15H15N3S. The first-order valence-corrected chi connectivity index (χ1v) is 6.33. The highest BCUT2D eigenvalue weighted by Crippen LogP contribution is 2.11. The lowest BCUT2D eigenvalue weighted by atomic mass is 10.1. The molecular weight excluding hydrogens is 254 g/mol. The van der Waals surface area contributed by atoms with Gasteiger partial charge in [-0.05, 0) is 37.3 Å². The Morgan fingerprint density at radius 1 is 1.11 bits per heavy atom. The third-order valence-corrected chi connectivity index (χ3v) is 2.64. The van der Waals surface area contributed by atoms with Gasteiger partial charge in [-0.3, -0.25) is 0 Å². The Labute approximate surface area is 118 Å². The lowest BCUT2D eigenvalue weighted by molar-refractivity contribution is 1.44. The van der Waals surface area contributed by atoms with E-state index in [9.17, 15) is 0 Å². The second-order valence-electron chi connectivity index (χ2n) is 4.16. The first kappa shape index (κ1) is 13.2. The predicted molar refractivity (Wildman–Crippen MR) is 84.6 cm³/mol. The zero-order valence-electron chi connectivity index (χ0n) is 10.6. The lowest BCUT2D eigenvalue weighted by Gasteiger charge is -2.10. The predicted octanol–water partition coefficient (Wildman–Crippen LogP) is 3.10. The van der Waals surface area contributed by atoms with Crippen molar-refractivity contribution in [3.63, 3.8) is 0 Å². The molecule has 0 bridgehead atoms. The van der Waals surface area contributed by atoms with Crippen LogP contribution in [-0.4, -0.2) is 10.9 Å². The molecule has 0 amide bonds. The van der Waals surface area contributed by atoms with Gasteiger partial charge in [0, 0.05) is 11.3 Å². The fourth-order valence-electron chi connectivity index (χ4n) is 1.73. The minimum atomic E-state index is 0.111. The summed E-state index contributed by atoms with van der Waals surface area (Å²) in [5, 5.41) is 3.35. The van der Waals surface area contributed by atoms with Crippen LogP contribution >= 0.6 is 12.2 Å². The summed E-state index contributed by atoms with van der Waals surface area (Å²) in [4.78, 5) is 4.20. The number of aryl methyl sites for hydroxylation is 1. The molecule has 2 aromatic rings. The van der Waals surface area contributed by atoms with Gasteiger partial charge >= 0.3 is 0 Å². The van der Waals surface area contributed by atoms with Crippen molar-refractivity contribution in [1.29, 1.82) is 0 Å². The summed E-state index contributed by atoms with van der Waals surface area (Å²) in [7, 11) is 0. The van der Waals surface area contributed by atoms with Crippen molar-refractivity contribution in [2.24, 2.45) is 10.7 Å². The topological polar surface area (TPSA) is 50.4 Å². The summed E-state index contributed by atoms with van der Waals surface area (Å²) in [6.45, 7) is 2.03. The molecule has 3 N–H and O–H groups in total. The molecule has 0 radical (unpaired) electrons. The molecule has 0 saturated carbocycles. The second-order valence-corrected chi connectivity index (χ2v) is 4.58. The van der Waals surface area contributed by atoms with Crippen molar-refractivity contribution in [2.45, 2.75) is 6.92 Å². The quantitative estimate of drug-likeness (QED) is 0.500.